The molecule has 2 saturated heterocycles. The maximum absolute atomic E-state index is 6.32. The number of likely N-dealkylation sites (tertiary alicyclic amines) is 2. The SMILES string of the molecule is C=C(Nc1nnc(-c2cc(C)cc(Cl)c2)c(-c2ccc(C)o2)n1)N1CCC(N2CCCCC2)CC1. The lowest BCUT2D eigenvalue weighted by molar-refractivity contribution is 0.106. The number of furan rings is 1. The zero-order valence-corrected chi connectivity index (χ0v) is 21.3. The lowest BCUT2D eigenvalue weighted by Gasteiger charge is -2.41. The van der Waals surface area contributed by atoms with Gasteiger partial charge in [0, 0.05) is 29.7 Å². The Hall–Kier alpha value is -2.90. The Morgan fingerprint density at radius 3 is 2.46 bits per heavy atom. The first-order valence-corrected chi connectivity index (χ1v) is 12.9. The van der Waals surface area contributed by atoms with Gasteiger partial charge in [0.25, 0.3) is 0 Å². The van der Waals surface area contributed by atoms with Crippen LogP contribution in [0, 0.1) is 13.8 Å². The highest BCUT2D eigenvalue weighted by molar-refractivity contribution is 6.31. The van der Waals surface area contributed by atoms with Crippen LogP contribution in [0.25, 0.3) is 22.7 Å². The van der Waals surface area contributed by atoms with Crippen LogP contribution < -0.4 is 5.32 Å². The van der Waals surface area contributed by atoms with E-state index in [1.165, 1.54) is 32.4 Å². The molecule has 4 heterocycles. The molecule has 0 aliphatic carbocycles. The highest BCUT2D eigenvalue weighted by Crippen LogP contribution is 2.32. The third-order valence-electron chi connectivity index (χ3n) is 6.99. The van der Waals surface area contributed by atoms with Crippen molar-refractivity contribution in [3.05, 3.63) is 59.1 Å². The number of nitrogens with zero attached hydrogens (tertiary/aromatic N) is 5. The number of halogens is 1. The minimum atomic E-state index is 0.403. The number of benzene rings is 1. The third-order valence-corrected chi connectivity index (χ3v) is 7.20. The van der Waals surface area contributed by atoms with Gasteiger partial charge in [0.1, 0.15) is 23.0 Å². The van der Waals surface area contributed by atoms with Crippen molar-refractivity contribution in [2.24, 2.45) is 0 Å². The van der Waals surface area contributed by atoms with Gasteiger partial charge in [-0.3, -0.25) is 0 Å². The van der Waals surface area contributed by atoms with Crippen LogP contribution >= 0.6 is 11.6 Å². The third kappa shape index (κ3) is 5.52. The predicted octanol–water partition coefficient (Wildman–Crippen LogP) is 5.90. The maximum Gasteiger partial charge on any atom is 0.248 e. The number of rotatable bonds is 6. The van der Waals surface area contributed by atoms with Gasteiger partial charge in [0.2, 0.25) is 5.95 Å². The van der Waals surface area contributed by atoms with Crippen LogP contribution in [0.15, 0.2) is 47.1 Å². The Labute approximate surface area is 212 Å². The number of aromatic nitrogens is 3. The van der Waals surface area contributed by atoms with Gasteiger partial charge in [0.15, 0.2) is 5.76 Å². The molecule has 5 rings (SSSR count). The van der Waals surface area contributed by atoms with Gasteiger partial charge in [0.05, 0.1) is 0 Å². The van der Waals surface area contributed by atoms with Gasteiger partial charge in [-0.25, -0.2) is 4.98 Å². The zero-order valence-electron chi connectivity index (χ0n) is 20.6. The second-order valence-corrected chi connectivity index (χ2v) is 10.1. The Kier molecular flexibility index (Phi) is 7.07. The minimum Gasteiger partial charge on any atom is -0.460 e. The fraction of sp³-hybridized carbons (Fsp3) is 0.444. The summed E-state index contributed by atoms with van der Waals surface area (Å²) in [4.78, 5) is 9.76. The first-order chi connectivity index (χ1) is 17.0. The van der Waals surface area contributed by atoms with Crippen LogP contribution in [0.2, 0.25) is 5.02 Å². The van der Waals surface area contributed by atoms with Crippen molar-refractivity contribution in [3.8, 4) is 22.7 Å². The molecular weight excluding hydrogens is 460 g/mol. The Morgan fingerprint density at radius 2 is 1.77 bits per heavy atom. The second-order valence-electron chi connectivity index (χ2n) is 9.65. The molecule has 184 valence electrons. The molecule has 0 unspecified atom stereocenters. The summed E-state index contributed by atoms with van der Waals surface area (Å²) in [5.74, 6) is 2.65. The number of hydrogen-bond acceptors (Lipinski definition) is 7. The molecule has 2 aliphatic heterocycles. The summed E-state index contributed by atoms with van der Waals surface area (Å²) >= 11 is 6.32. The van der Waals surface area contributed by atoms with Gasteiger partial charge in [-0.15, -0.1) is 10.2 Å². The minimum absolute atomic E-state index is 0.403. The van der Waals surface area contributed by atoms with Gasteiger partial charge in [-0.2, -0.15) is 0 Å². The molecule has 7 nitrogen and oxygen atoms in total. The van der Waals surface area contributed by atoms with E-state index in [0.29, 0.717) is 34.2 Å². The molecule has 0 spiro atoms. The number of piperidine rings is 2. The van der Waals surface area contributed by atoms with Crippen LogP contribution in [-0.2, 0) is 0 Å². The predicted molar refractivity (Wildman–Crippen MR) is 140 cm³/mol. The smallest absolute Gasteiger partial charge is 0.248 e. The summed E-state index contributed by atoms with van der Waals surface area (Å²) in [6.45, 7) is 12.6. The Morgan fingerprint density at radius 1 is 1.00 bits per heavy atom. The quantitative estimate of drug-likeness (QED) is 0.459. The van der Waals surface area contributed by atoms with Gasteiger partial charge >= 0.3 is 0 Å². The van der Waals surface area contributed by atoms with E-state index in [-0.39, 0.29) is 0 Å². The molecule has 0 saturated carbocycles. The number of anilines is 1. The molecule has 0 bridgehead atoms. The van der Waals surface area contributed by atoms with Crippen molar-refractivity contribution < 1.29 is 4.42 Å². The highest BCUT2D eigenvalue weighted by atomic mass is 35.5. The summed E-state index contributed by atoms with van der Waals surface area (Å²) in [5, 5.41) is 12.8. The van der Waals surface area contributed by atoms with Gasteiger partial charge < -0.3 is 19.5 Å². The Bertz CT molecular complexity index is 1170. The average Bonchev–Trinajstić information content (AvgIpc) is 3.30. The van der Waals surface area contributed by atoms with E-state index in [1.54, 1.807) is 0 Å². The largest absolute Gasteiger partial charge is 0.460 e. The van der Waals surface area contributed by atoms with Crippen LogP contribution in [0.4, 0.5) is 5.95 Å². The van der Waals surface area contributed by atoms with Crippen molar-refractivity contribution in [2.75, 3.05) is 31.5 Å². The van der Waals surface area contributed by atoms with Crippen molar-refractivity contribution in [1.29, 1.82) is 0 Å². The molecule has 2 fully saturated rings. The molecule has 0 radical (unpaired) electrons. The van der Waals surface area contributed by atoms with Crippen LogP contribution in [0.5, 0.6) is 0 Å². The molecule has 0 atom stereocenters. The van der Waals surface area contributed by atoms with Crippen LogP contribution in [0.3, 0.4) is 0 Å². The zero-order chi connectivity index (χ0) is 24.4. The maximum atomic E-state index is 6.32. The number of nitrogens with one attached hydrogen (secondary N) is 1. The summed E-state index contributed by atoms with van der Waals surface area (Å²) in [5.41, 5.74) is 3.14. The van der Waals surface area contributed by atoms with E-state index in [0.717, 1.165) is 48.6 Å². The molecule has 35 heavy (non-hydrogen) atoms. The van der Waals surface area contributed by atoms with Gasteiger partial charge in [-0.1, -0.05) is 24.6 Å². The Balaban J connectivity index is 1.33. The summed E-state index contributed by atoms with van der Waals surface area (Å²) < 4.78 is 5.91. The first kappa shape index (κ1) is 23.8. The summed E-state index contributed by atoms with van der Waals surface area (Å²) in [6, 6.07) is 10.3. The lowest BCUT2D eigenvalue weighted by Crippen LogP contribution is -2.46. The van der Waals surface area contributed by atoms with Crippen molar-refractivity contribution in [3.63, 3.8) is 0 Å². The molecule has 8 heteroatoms. The van der Waals surface area contributed by atoms with Gasteiger partial charge in [-0.05, 0) is 88.5 Å². The molecule has 2 aromatic heterocycles. The van der Waals surface area contributed by atoms with Crippen molar-refractivity contribution in [1.82, 2.24) is 25.0 Å². The van der Waals surface area contributed by atoms with E-state index < -0.39 is 0 Å². The monoisotopic (exact) mass is 492 g/mol. The van der Waals surface area contributed by atoms with E-state index in [9.17, 15) is 0 Å². The van der Waals surface area contributed by atoms with E-state index in [1.807, 2.05) is 44.2 Å². The van der Waals surface area contributed by atoms with E-state index in [4.69, 9.17) is 21.0 Å². The fourth-order valence-electron chi connectivity index (χ4n) is 5.17. The average molecular weight is 493 g/mol. The fourth-order valence-corrected chi connectivity index (χ4v) is 5.46. The molecule has 1 aromatic carbocycles. The molecule has 0 amide bonds. The van der Waals surface area contributed by atoms with Crippen molar-refractivity contribution >= 4 is 17.5 Å². The molecule has 2 aliphatic rings. The van der Waals surface area contributed by atoms with E-state index >= 15 is 0 Å². The molecule has 1 N–H and O–H groups in total. The lowest BCUT2D eigenvalue weighted by atomic mass is 10.00. The normalized spacial score (nSPS) is 17.5. The highest BCUT2D eigenvalue weighted by Gasteiger charge is 2.26. The molecular formula is C27H33ClN6O. The first-order valence-electron chi connectivity index (χ1n) is 12.5. The van der Waals surface area contributed by atoms with Crippen LogP contribution in [0.1, 0.15) is 43.4 Å². The summed E-state index contributed by atoms with van der Waals surface area (Å²) in [7, 11) is 0. The standard InChI is InChI=1S/C27H33ClN6O/c1-18-15-21(17-22(28)16-18)25-26(24-8-7-19(2)35-24)30-27(32-31-25)29-20(3)33-13-9-23(10-14-33)34-11-5-4-6-12-34/h7-8,15-17,23H,3-6,9-14H2,1-2H3,(H,29,30,32). The molecule has 3 aromatic rings. The van der Waals surface area contributed by atoms with Crippen molar-refractivity contribution in [2.45, 2.75) is 52.0 Å². The number of aryl methyl sites for hydroxylation is 2. The number of hydrogen-bond donors (Lipinski definition) is 1. The van der Waals surface area contributed by atoms with Crippen LogP contribution in [-0.4, -0.2) is 57.2 Å². The summed E-state index contributed by atoms with van der Waals surface area (Å²) in [6.07, 6.45) is 6.36. The topological polar surface area (TPSA) is 70.3 Å². The van der Waals surface area contributed by atoms with E-state index in [2.05, 4.69) is 31.9 Å². The second kappa shape index (κ2) is 10.4.